The van der Waals surface area contributed by atoms with Crippen LogP contribution in [0, 0.1) is 19.8 Å². The first-order valence-corrected chi connectivity index (χ1v) is 12.4. The highest BCUT2D eigenvalue weighted by molar-refractivity contribution is 6.31. The van der Waals surface area contributed by atoms with Crippen LogP contribution in [0.2, 0.25) is 5.02 Å². The number of urea groups is 1. The van der Waals surface area contributed by atoms with Gasteiger partial charge in [-0.05, 0) is 68.4 Å². The van der Waals surface area contributed by atoms with Gasteiger partial charge in [0.15, 0.2) is 0 Å². The molecule has 2 aromatic carbocycles. The number of rotatable bonds is 5. The summed E-state index contributed by atoms with van der Waals surface area (Å²) in [7, 11) is 3.37. The van der Waals surface area contributed by atoms with Crippen LogP contribution in [0.3, 0.4) is 0 Å². The normalized spacial score (nSPS) is 25.1. The average molecular weight is 487 g/mol. The third-order valence-corrected chi connectivity index (χ3v) is 7.68. The Hall–Kier alpha value is -2.08. The summed E-state index contributed by atoms with van der Waals surface area (Å²) >= 11 is 5.91. The molecule has 2 amide bonds. The van der Waals surface area contributed by atoms with Crippen molar-refractivity contribution in [3.63, 3.8) is 0 Å². The number of carbonyl (C=O) groups excluding carboxylic acids is 1. The van der Waals surface area contributed by atoms with Crippen LogP contribution in [0.1, 0.15) is 56.7 Å². The summed E-state index contributed by atoms with van der Waals surface area (Å²) in [5.41, 5.74) is 4.28. The summed E-state index contributed by atoms with van der Waals surface area (Å²) in [4.78, 5) is 12.7. The minimum absolute atomic E-state index is 0.0607. The Bertz CT molecular complexity index is 1010. The highest BCUT2D eigenvalue weighted by atomic mass is 35.5. The number of anilines is 1. The second-order valence-corrected chi connectivity index (χ2v) is 10.8. The number of fused-ring (bicyclic) bond motifs is 2. The molecule has 1 N–H and O–H groups in total. The van der Waals surface area contributed by atoms with E-state index in [0.29, 0.717) is 23.2 Å². The van der Waals surface area contributed by atoms with Gasteiger partial charge in [-0.15, -0.1) is 0 Å². The van der Waals surface area contributed by atoms with Gasteiger partial charge in [-0.3, -0.25) is 0 Å². The Labute approximate surface area is 209 Å². The minimum atomic E-state index is -0.162. The molecule has 4 rings (SSSR count). The van der Waals surface area contributed by atoms with Gasteiger partial charge in [0.05, 0.1) is 23.9 Å². The number of hydrogen-bond donors (Lipinski definition) is 1. The van der Waals surface area contributed by atoms with Crippen LogP contribution in [0.4, 0.5) is 10.5 Å². The van der Waals surface area contributed by atoms with E-state index < -0.39 is 0 Å². The van der Waals surface area contributed by atoms with E-state index in [4.69, 9.17) is 21.1 Å². The van der Waals surface area contributed by atoms with Crippen LogP contribution in [0.5, 0.6) is 0 Å². The van der Waals surface area contributed by atoms with E-state index in [1.165, 1.54) is 22.4 Å². The lowest BCUT2D eigenvalue weighted by Crippen LogP contribution is -2.38. The predicted molar refractivity (Wildman–Crippen MR) is 140 cm³/mol. The fourth-order valence-electron chi connectivity index (χ4n) is 4.67. The molecule has 2 aliphatic heterocycles. The number of nitrogens with one attached hydrogen (secondary N) is 1. The minimum Gasteiger partial charge on any atom is -0.370 e. The number of benzene rings is 2. The number of aryl methyl sites for hydroxylation is 2. The number of halogens is 1. The van der Waals surface area contributed by atoms with E-state index in [2.05, 4.69) is 57.3 Å². The molecule has 2 fully saturated rings. The van der Waals surface area contributed by atoms with Gasteiger partial charge >= 0.3 is 6.03 Å². The van der Waals surface area contributed by atoms with E-state index in [1.807, 2.05) is 19.1 Å². The van der Waals surface area contributed by atoms with Crippen molar-refractivity contribution in [1.29, 1.82) is 0 Å². The predicted octanol–water partition coefficient (Wildman–Crippen LogP) is 6.99. The molecule has 2 heterocycles. The van der Waals surface area contributed by atoms with E-state index in [0.717, 1.165) is 18.4 Å². The molecule has 6 heteroatoms. The zero-order valence-corrected chi connectivity index (χ0v) is 22.3. The monoisotopic (exact) mass is 486 g/mol. The molecule has 5 nitrogen and oxygen atoms in total. The summed E-state index contributed by atoms with van der Waals surface area (Å²) in [6, 6.07) is 13.7. The zero-order chi connectivity index (χ0) is 25.1. The topological polar surface area (TPSA) is 50.8 Å². The number of amides is 2. The van der Waals surface area contributed by atoms with Gasteiger partial charge in [0.1, 0.15) is 0 Å². The zero-order valence-electron chi connectivity index (χ0n) is 21.6. The second kappa shape index (κ2) is 10.7. The van der Waals surface area contributed by atoms with Gasteiger partial charge in [-0.2, -0.15) is 0 Å². The molecular weight excluding hydrogens is 448 g/mol. The summed E-state index contributed by atoms with van der Waals surface area (Å²) in [5.74, 6) is 0.566. The van der Waals surface area contributed by atoms with Crippen molar-refractivity contribution in [1.82, 2.24) is 4.90 Å². The smallest absolute Gasteiger partial charge is 0.321 e. The summed E-state index contributed by atoms with van der Waals surface area (Å²) in [6.45, 7) is 11.5. The molecule has 186 valence electrons. The van der Waals surface area contributed by atoms with Gasteiger partial charge in [-0.1, -0.05) is 55.8 Å². The Kier molecular flexibility index (Phi) is 8.33. The van der Waals surface area contributed by atoms with Crippen LogP contribution >= 0.6 is 11.6 Å². The van der Waals surface area contributed by atoms with Gasteiger partial charge in [0.25, 0.3) is 0 Å². The molecule has 3 unspecified atom stereocenters. The standard InChI is InChI=1S/C18H26O2.C10H13ClN2O/c1-13(2)18-10-9-17(4,20-18)16(11-18)19-12-15-8-6-5-7-14(15)3;1-7-4-5-8(6-9(7)11)12-10(14)13(2)3/h5-8,13,16H,9-12H2,1-4H3;4-6H,1-3H3,(H,12,14). The van der Waals surface area contributed by atoms with Crippen LogP contribution in [0.25, 0.3) is 0 Å². The maximum Gasteiger partial charge on any atom is 0.321 e. The number of hydrogen-bond acceptors (Lipinski definition) is 3. The van der Waals surface area contributed by atoms with E-state index in [9.17, 15) is 4.79 Å². The first kappa shape index (κ1) is 26.5. The van der Waals surface area contributed by atoms with Crippen molar-refractivity contribution in [2.75, 3.05) is 19.4 Å². The van der Waals surface area contributed by atoms with Crippen molar-refractivity contribution in [3.05, 3.63) is 64.2 Å². The van der Waals surface area contributed by atoms with Crippen molar-refractivity contribution < 1.29 is 14.3 Å². The molecule has 0 aromatic heterocycles. The quantitative estimate of drug-likeness (QED) is 0.495. The lowest BCUT2D eigenvalue weighted by atomic mass is 9.75. The molecule has 2 aliphatic rings. The Balaban J connectivity index is 0.000000204. The molecule has 0 radical (unpaired) electrons. The lowest BCUT2D eigenvalue weighted by Gasteiger charge is -2.31. The Morgan fingerprint density at radius 1 is 1.18 bits per heavy atom. The number of ether oxygens (including phenoxy) is 2. The summed E-state index contributed by atoms with van der Waals surface area (Å²) in [6.07, 6.45) is 3.60. The van der Waals surface area contributed by atoms with Crippen LogP contribution in [-0.4, -0.2) is 42.3 Å². The molecule has 3 atom stereocenters. The molecular formula is C28H39ClN2O3. The van der Waals surface area contributed by atoms with E-state index in [1.54, 1.807) is 20.2 Å². The fourth-order valence-corrected chi connectivity index (χ4v) is 4.85. The second-order valence-electron chi connectivity index (χ2n) is 10.4. The van der Waals surface area contributed by atoms with Crippen LogP contribution in [0.15, 0.2) is 42.5 Å². The summed E-state index contributed by atoms with van der Waals surface area (Å²) in [5, 5.41) is 3.37. The highest BCUT2D eigenvalue weighted by Crippen LogP contribution is 2.55. The Morgan fingerprint density at radius 2 is 1.88 bits per heavy atom. The van der Waals surface area contributed by atoms with Gasteiger partial charge in [0, 0.05) is 31.2 Å². The van der Waals surface area contributed by atoms with Crippen molar-refractivity contribution in [3.8, 4) is 0 Å². The number of nitrogens with zero attached hydrogens (tertiary/aromatic N) is 1. The largest absolute Gasteiger partial charge is 0.370 e. The third kappa shape index (κ3) is 5.94. The highest BCUT2D eigenvalue weighted by Gasteiger charge is 2.60. The third-order valence-electron chi connectivity index (χ3n) is 7.28. The molecule has 2 saturated heterocycles. The first-order chi connectivity index (χ1) is 16.0. The number of carbonyl (C=O) groups is 1. The molecule has 2 aromatic rings. The SMILES string of the molecule is Cc1ccc(NC(=O)N(C)C)cc1Cl.Cc1ccccc1COC1CC2(C(C)C)CCC1(C)O2. The maximum atomic E-state index is 11.3. The van der Waals surface area contributed by atoms with Crippen molar-refractivity contribution in [2.45, 2.75) is 77.8 Å². The summed E-state index contributed by atoms with van der Waals surface area (Å²) < 4.78 is 12.7. The maximum absolute atomic E-state index is 11.3. The van der Waals surface area contributed by atoms with E-state index in [-0.39, 0.29) is 23.3 Å². The van der Waals surface area contributed by atoms with Gasteiger partial charge in [-0.25, -0.2) is 4.79 Å². The van der Waals surface area contributed by atoms with Gasteiger partial charge < -0.3 is 19.7 Å². The fraction of sp³-hybridized carbons (Fsp3) is 0.536. The van der Waals surface area contributed by atoms with Crippen LogP contribution < -0.4 is 5.32 Å². The average Bonchev–Trinajstić information content (AvgIpc) is 3.28. The first-order valence-electron chi connectivity index (χ1n) is 12.1. The Morgan fingerprint density at radius 3 is 2.47 bits per heavy atom. The molecule has 34 heavy (non-hydrogen) atoms. The van der Waals surface area contributed by atoms with Crippen LogP contribution in [-0.2, 0) is 16.1 Å². The molecule has 0 spiro atoms. The van der Waals surface area contributed by atoms with Gasteiger partial charge in [0.2, 0.25) is 0 Å². The molecule has 0 saturated carbocycles. The van der Waals surface area contributed by atoms with Crippen molar-refractivity contribution >= 4 is 23.3 Å². The van der Waals surface area contributed by atoms with E-state index >= 15 is 0 Å². The molecule has 2 bridgehead atoms. The lowest BCUT2D eigenvalue weighted by molar-refractivity contribution is -0.0960. The van der Waals surface area contributed by atoms with Crippen molar-refractivity contribution in [2.24, 2.45) is 5.92 Å². The molecule has 0 aliphatic carbocycles.